The molecule has 1 aromatic heterocycles. The number of hydrogen-bond acceptors (Lipinski definition) is 4. The maximum absolute atomic E-state index is 12.5. The topological polar surface area (TPSA) is 70.8 Å². The molecule has 1 aliphatic rings. The third-order valence-corrected chi connectivity index (χ3v) is 6.18. The lowest BCUT2D eigenvalue weighted by atomic mass is 10.2. The smallest absolute Gasteiger partial charge is 0.289 e. The number of nitrogens with zero attached hydrogens (tertiary/aromatic N) is 2. The Labute approximate surface area is 148 Å². The van der Waals surface area contributed by atoms with Gasteiger partial charge in [-0.25, -0.2) is 8.42 Å². The van der Waals surface area contributed by atoms with E-state index in [-0.39, 0.29) is 11.7 Å². The zero-order valence-corrected chi connectivity index (χ0v) is 15.0. The van der Waals surface area contributed by atoms with Crippen LogP contribution < -0.4 is 0 Å². The van der Waals surface area contributed by atoms with E-state index in [0.29, 0.717) is 31.9 Å². The van der Waals surface area contributed by atoms with E-state index >= 15 is 0 Å². The van der Waals surface area contributed by atoms with Gasteiger partial charge in [0.25, 0.3) is 5.91 Å². The minimum absolute atomic E-state index is 0.0141. The number of amides is 1. The van der Waals surface area contributed by atoms with Crippen LogP contribution in [-0.4, -0.2) is 49.7 Å². The molecule has 1 fully saturated rings. The molecule has 25 heavy (non-hydrogen) atoms. The van der Waals surface area contributed by atoms with Gasteiger partial charge in [0.15, 0.2) is 5.76 Å². The highest BCUT2D eigenvalue weighted by molar-refractivity contribution is 7.88. The third kappa shape index (κ3) is 4.11. The van der Waals surface area contributed by atoms with E-state index in [2.05, 4.69) is 0 Å². The largest absolute Gasteiger partial charge is 0.456 e. The number of aryl methyl sites for hydroxylation is 1. The molecule has 1 aromatic carbocycles. The monoisotopic (exact) mass is 362 g/mol. The van der Waals surface area contributed by atoms with Gasteiger partial charge in [0.1, 0.15) is 5.76 Å². The fourth-order valence-corrected chi connectivity index (χ4v) is 4.40. The van der Waals surface area contributed by atoms with Gasteiger partial charge in [-0.2, -0.15) is 4.31 Å². The second kappa shape index (κ2) is 7.41. The van der Waals surface area contributed by atoms with E-state index in [9.17, 15) is 13.2 Å². The summed E-state index contributed by atoms with van der Waals surface area (Å²) in [5.74, 6) is 0.893. The molecule has 2 heterocycles. The summed E-state index contributed by atoms with van der Waals surface area (Å²) in [5, 5.41) is 0. The first kappa shape index (κ1) is 17.7. The van der Waals surface area contributed by atoms with Crippen LogP contribution in [0.1, 0.15) is 28.8 Å². The molecule has 134 valence electrons. The van der Waals surface area contributed by atoms with Crippen molar-refractivity contribution in [3.63, 3.8) is 0 Å². The van der Waals surface area contributed by atoms with Crippen LogP contribution in [0.3, 0.4) is 0 Å². The van der Waals surface area contributed by atoms with Crippen molar-refractivity contribution >= 4 is 15.9 Å². The maximum atomic E-state index is 12.5. The van der Waals surface area contributed by atoms with Crippen LogP contribution in [0.5, 0.6) is 0 Å². The van der Waals surface area contributed by atoms with Crippen molar-refractivity contribution in [1.82, 2.24) is 9.21 Å². The molecular weight excluding hydrogens is 340 g/mol. The molecule has 0 saturated carbocycles. The second-order valence-electron chi connectivity index (χ2n) is 6.05. The van der Waals surface area contributed by atoms with E-state index in [4.69, 9.17) is 4.42 Å². The summed E-state index contributed by atoms with van der Waals surface area (Å²) in [4.78, 5) is 14.1. The van der Waals surface area contributed by atoms with E-state index in [0.717, 1.165) is 17.7 Å². The van der Waals surface area contributed by atoms with Crippen molar-refractivity contribution in [3.8, 4) is 0 Å². The van der Waals surface area contributed by atoms with Crippen molar-refractivity contribution in [2.75, 3.05) is 26.2 Å². The molecule has 0 radical (unpaired) electrons. The summed E-state index contributed by atoms with van der Waals surface area (Å²) in [7, 11) is -3.38. The number of rotatable bonds is 5. The number of benzene rings is 1. The minimum atomic E-state index is -3.38. The van der Waals surface area contributed by atoms with Gasteiger partial charge in [0.05, 0.1) is 5.75 Å². The fourth-order valence-electron chi connectivity index (χ4n) is 2.88. The van der Waals surface area contributed by atoms with Crippen molar-refractivity contribution in [2.24, 2.45) is 0 Å². The van der Waals surface area contributed by atoms with Crippen molar-refractivity contribution < 1.29 is 17.6 Å². The molecule has 0 N–H and O–H groups in total. The molecule has 0 atom stereocenters. The van der Waals surface area contributed by atoms with Gasteiger partial charge in [-0.1, -0.05) is 37.3 Å². The fraction of sp³-hybridized carbons (Fsp3) is 0.389. The third-order valence-electron chi connectivity index (χ3n) is 4.33. The molecule has 1 saturated heterocycles. The lowest BCUT2D eigenvalue weighted by Gasteiger charge is -2.33. The van der Waals surface area contributed by atoms with Crippen LogP contribution in [0, 0.1) is 0 Å². The summed E-state index contributed by atoms with van der Waals surface area (Å²) >= 11 is 0. The lowest BCUT2D eigenvalue weighted by molar-refractivity contribution is 0.0664. The first-order chi connectivity index (χ1) is 12.0. The zero-order valence-electron chi connectivity index (χ0n) is 14.2. The molecule has 0 bridgehead atoms. The molecular formula is C18H22N2O4S. The number of hydrogen-bond donors (Lipinski definition) is 0. The van der Waals surface area contributed by atoms with Gasteiger partial charge < -0.3 is 9.32 Å². The Morgan fingerprint density at radius 2 is 1.72 bits per heavy atom. The summed E-state index contributed by atoms with van der Waals surface area (Å²) < 4.78 is 32.1. The molecule has 0 unspecified atom stereocenters. The number of piperazine rings is 1. The maximum Gasteiger partial charge on any atom is 0.289 e. The lowest BCUT2D eigenvalue weighted by Crippen LogP contribution is -2.50. The van der Waals surface area contributed by atoms with Gasteiger partial charge in [0, 0.05) is 32.6 Å². The van der Waals surface area contributed by atoms with E-state index in [1.807, 2.05) is 25.1 Å². The molecule has 0 aliphatic carbocycles. The standard InChI is InChI=1S/C18H22N2O4S/c1-2-16-8-9-17(24-16)18(21)19-10-12-20(13-11-19)25(22,23)14-15-6-4-3-5-7-15/h3-9H,2,10-14H2,1H3. The number of sulfonamides is 1. The Morgan fingerprint density at radius 3 is 2.32 bits per heavy atom. The van der Waals surface area contributed by atoms with Crippen LogP contribution in [0.25, 0.3) is 0 Å². The SMILES string of the molecule is CCc1ccc(C(=O)N2CCN(S(=O)(=O)Cc3ccccc3)CC2)o1. The first-order valence-electron chi connectivity index (χ1n) is 8.39. The van der Waals surface area contributed by atoms with Gasteiger partial charge in [-0.05, 0) is 17.7 Å². The van der Waals surface area contributed by atoms with Crippen molar-refractivity contribution in [3.05, 3.63) is 59.5 Å². The molecule has 0 spiro atoms. The van der Waals surface area contributed by atoms with E-state index < -0.39 is 10.0 Å². The molecule has 1 aliphatic heterocycles. The quantitative estimate of drug-likeness (QED) is 0.817. The number of furan rings is 1. The summed E-state index contributed by atoms with van der Waals surface area (Å²) in [5.41, 5.74) is 0.767. The van der Waals surface area contributed by atoms with Crippen LogP contribution in [0.4, 0.5) is 0 Å². The molecule has 6 nitrogen and oxygen atoms in total. The highest BCUT2D eigenvalue weighted by atomic mass is 32.2. The Kier molecular flexibility index (Phi) is 5.24. The van der Waals surface area contributed by atoms with Crippen LogP contribution in [-0.2, 0) is 22.2 Å². The molecule has 1 amide bonds. The van der Waals surface area contributed by atoms with Gasteiger partial charge in [-0.3, -0.25) is 4.79 Å². The highest BCUT2D eigenvalue weighted by Crippen LogP contribution is 2.16. The minimum Gasteiger partial charge on any atom is -0.456 e. The predicted molar refractivity (Wildman–Crippen MR) is 94.6 cm³/mol. The summed E-state index contributed by atoms with van der Waals surface area (Å²) in [6, 6.07) is 12.6. The van der Waals surface area contributed by atoms with Crippen LogP contribution in [0.15, 0.2) is 46.9 Å². The second-order valence-corrected chi connectivity index (χ2v) is 8.02. The molecule has 3 rings (SSSR count). The van der Waals surface area contributed by atoms with Crippen molar-refractivity contribution in [1.29, 1.82) is 0 Å². The Balaban J connectivity index is 1.60. The summed E-state index contributed by atoms with van der Waals surface area (Å²) in [6.07, 6.45) is 0.735. The van der Waals surface area contributed by atoms with Crippen LogP contribution >= 0.6 is 0 Å². The van der Waals surface area contributed by atoms with E-state index in [1.165, 1.54) is 4.31 Å². The van der Waals surface area contributed by atoms with Crippen LogP contribution in [0.2, 0.25) is 0 Å². The average Bonchev–Trinajstić information content (AvgIpc) is 3.11. The first-order valence-corrected chi connectivity index (χ1v) is 10.0. The molecule has 7 heteroatoms. The van der Waals surface area contributed by atoms with Gasteiger partial charge in [0.2, 0.25) is 10.0 Å². The number of carbonyl (C=O) groups excluding carboxylic acids is 1. The Bertz CT molecular complexity index is 822. The van der Waals surface area contributed by atoms with E-state index in [1.54, 1.807) is 29.2 Å². The zero-order chi connectivity index (χ0) is 17.9. The predicted octanol–water partition coefficient (Wildman–Crippen LogP) is 2.13. The van der Waals surface area contributed by atoms with Gasteiger partial charge in [-0.15, -0.1) is 0 Å². The van der Waals surface area contributed by atoms with Gasteiger partial charge >= 0.3 is 0 Å². The highest BCUT2D eigenvalue weighted by Gasteiger charge is 2.30. The normalized spacial score (nSPS) is 16.1. The average molecular weight is 362 g/mol. The Morgan fingerprint density at radius 1 is 1.04 bits per heavy atom. The molecule has 2 aromatic rings. The Hall–Kier alpha value is -2.12. The summed E-state index contributed by atoms with van der Waals surface area (Å²) in [6.45, 7) is 3.32. The van der Waals surface area contributed by atoms with Crippen molar-refractivity contribution in [2.45, 2.75) is 19.1 Å². The number of carbonyl (C=O) groups is 1.